The summed E-state index contributed by atoms with van der Waals surface area (Å²) in [7, 11) is -9.32. The zero-order valence-electron chi connectivity index (χ0n) is 43.2. The van der Waals surface area contributed by atoms with Crippen LogP contribution in [0, 0.1) is 23.3 Å². The average molecular weight is 1240 g/mol. The molecular weight excluding hydrogens is 1180 g/mol. The molecule has 6 aliphatic heterocycles. The van der Waals surface area contributed by atoms with Crippen molar-refractivity contribution < 1.29 is 81.6 Å². The number of carbonyl (C=O) groups is 2. The van der Waals surface area contributed by atoms with Crippen LogP contribution in [-0.4, -0.2) is 125 Å². The van der Waals surface area contributed by atoms with Gasteiger partial charge in [-0.15, -0.1) is 0 Å². The number of ether oxygens (including phenoxy) is 5. The fourth-order valence-corrected chi connectivity index (χ4v) is 14.2. The number of nitrogens with zero attached hydrogens (tertiary/aromatic N) is 3. The molecule has 2 N–H and O–H groups in total. The van der Waals surface area contributed by atoms with Crippen molar-refractivity contribution >= 4 is 101 Å². The first-order valence-electron chi connectivity index (χ1n) is 25.2. The first kappa shape index (κ1) is 58.4. The standard InChI is InChI=1S/C53H51Cl4F4N3O14S2/c1-51(2)22-26(24-79(67,68)69)30-19-32-47(28-7-5-10-62(51)45(28)30)78-48-29-8-6-11-63-46(29)31(27(23-52(63,3)4)25-80(70,71)72)20-33(48)53(32)38-37(39(54)41(56)42(57)40(38)55)50(66)64(53)76-18-17-75-16-15-74-14-13-73-12-9-36(65)77-49-43(60)34(58)21-35(59)44(49)61/h19-23H,5-18,24-25H2,1-4H3,(H,67,68,69)(H,70,71,72). The second kappa shape index (κ2) is 21.5. The minimum absolute atomic E-state index is 0.00593. The fraction of sp³-hybridized carbons (Fsp3) is 0.434. The Kier molecular flexibility index (Phi) is 15.7. The Morgan fingerprint density at radius 1 is 0.662 bits per heavy atom. The lowest BCUT2D eigenvalue weighted by molar-refractivity contribution is -0.171. The lowest BCUT2D eigenvalue weighted by Gasteiger charge is -2.51. The van der Waals surface area contributed by atoms with Crippen LogP contribution in [-0.2, 0) is 62.5 Å². The number of amides is 1. The summed E-state index contributed by atoms with van der Waals surface area (Å²) in [4.78, 5) is 38.6. The molecule has 0 fully saturated rings. The average Bonchev–Trinajstić information content (AvgIpc) is 2.61. The Bertz CT molecular complexity index is 3460. The van der Waals surface area contributed by atoms with Gasteiger partial charge in [0.2, 0.25) is 17.4 Å². The summed E-state index contributed by atoms with van der Waals surface area (Å²) in [6.45, 7) is 7.99. The zero-order valence-corrected chi connectivity index (χ0v) is 47.8. The van der Waals surface area contributed by atoms with Crippen molar-refractivity contribution in [3.63, 3.8) is 0 Å². The largest absolute Gasteiger partial charge is 0.456 e. The van der Waals surface area contributed by atoms with E-state index < -0.39 is 95.7 Å². The predicted octanol–water partition coefficient (Wildman–Crippen LogP) is 10.3. The Morgan fingerprint density at radius 3 is 1.59 bits per heavy atom. The SMILES string of the molecule is CC1(C)C=C(CS(=O)(=O)O)c2cc3c(c4c2N1CCC4)Oc1c(cc2c4c1CCCN4C(C)(C)C=C2CS(=O)(=O)O)C31c2c(Cl)c(Cl)c(Cl)c(Cl)c2C(=O)N1OCCOCCOCCOCCC(=O)Oc1c(F)c(F)cc(F)c1F. The Labute approximate surface area is 477 Å². The van der Waals surface area contributed by atoms with E-state index in [9.17, 15) is 48.3 Å². The van der Waals surface area contributed by atoms with Crippen LogP contribution in [0.15, 0.2) is 30.4 Å². The van der Waals surface area contributed by atoms with Crippen molar-refractivity contribution in [3.05, 3.63) is 118 Å². The van der Waals surface area contributed by atoms with E-state index in [1.54, 1.807) is 24.3 Å². The highest BCUT2D eigenvalue weighted by Gasteiger charge is 2.62. The van der Waals surface area contributed by atoms with Crippen LogP contribution in [0.2, 0.25) is 20.1 Å². The van der Waals surface area contributed by atoms with Crippen LogP contribution in [0.4, 0.5) is 28.9 Å². The smallest absolute Gasteiger partial charge is 0.313 e. The van der Waals surface area contributed by atoms with Gasteiger partial charge in [-0.3, -0.25) is 23.5 Å². The van der Waals surface area contributed by atoms with E-state index in [4.69, 9.17) is 70.2 Å². The molecule has 0 saturated carbocycles. The number of esters is 1. The van der Waals surface area contributed by atoms with E-state index in [0.717, 1.165) is 5.06 Å². The van der Waals surface area contributed by atoms with Crippen LogP contribution < -0.4 is 19.3 Å². The van der Waals surface area contributed by atoms with Crippen LogP contribution >= 0.6 is 46.4 Å². The molecule has 1 amide bonds. The van der Waals surface area contributed by atoms with Crippen molar-refractivity contribution in [1.29, 1.82) is 0 Å². The van der Waals surface area contributed by atoms with Gasteiger partial charge in [0.05, 0.1) is 101 Å². The molecule has 0 atom stereocenters. The molecule has 0 aliphatic carbocycles. The van der Waals surface area contributed by atoms with E-state index >= 15 is 4.79 Å². The van der Waals surface area contributed by atoms with Crippen LogP contribution in [0.25, 0.3) is 11.1 Å². The van der Waals surface area contributed by atoms with Gasteiger partial charge < -0.3 is 33.5 Å². The summed E-state index contributed by atoms with van der Waals surface area (Å²) in [5.41, 5.74) is 0.571. The minimum Gasteiger partial charge on any atom is -0.456 e. The van der Waals surface area contributed by atoms with Gasteiger partial charge in [0.25, 0.3) is 26.1 Å². The first-order chi connectivity index (χ1) is 37.6. The summed E-state index contributed by atoms with van der Waals surface area (Å²) in [6, 6.07) is 3.35. The van der Waals surface area contributed by atoms with E-state index in [1.807, 2.05) is 27.7 Å². The molecule has 0 aromatic heterocycles. The van der Waals surface area contributed by atoms with Gasteiger partial charge in [-0.1, -0.05) is 58.6 Å². The summed E-state index contributed by atoms with van der Waals surface area (Å²) >= 11 is 28.2. The molecule has 0 radical (unpaired) electrons. The lowest BCUT2D eigenvalue weighted by atomic mass is 9.70. The Hall–Kier alpha value is -4.76. The molecule has 10 rings (SSSR count). The highest BCUT2D eigenvalue weighted by molar-refractivity contribution is 7.86. The lowest BCUT2D eigenvalue weighted by Crippen LogP contribution is -2.51. The number of rotatable bonds is 18. The number of hydrogen-bond donors (Lipinski definition) is 2. The zero-order chi connectivity index (χ0) is 57.8. The second-order valence-electron chi connectivity index (χ2n) is 21.0. The molecule has 0 saturated heterocycles. The molecule has 4 aromatic carbocycles. The van der Waals surface area contributed by atoms with Gasteiger partial charge in [0, 0.05) is 58.1 Å². The van der Waals surface area contributed by atoms with Crippen molar-refractivity contribution in [3.8, 4) is 17.2 Å². The van der Waals surface area contributed by atoms with Crippen LogP contribution in [0.1, 0.15) is 96.3 Å². The highest BCUT2D eigenvalue weighted by Crippen LogP contribution is 2.66. The molecule has 17 nitrogen and oxygen atoms in total. The molecule has 6 aliphatic rings. The molecule has 1 spiro atoms. The summed E-state index contributed by atoms with van der Waals surface area (Å²) in [5, 5.41) is 0.136. The summed E-state index contributed by atoms with van der Waals surface area (Å²) in [6.07, 6.45) is 5.06. The van der Waals surface area contributed by atoms with Crippen molar-refractivity contribution in [2.24, 2.45) is 0 Å². The van der Waals surface area contributed by atoms with E-state index in [1.165, 1.54) is 0 Å². The van der Waals surface area contributed by atoms with Crippen molar-refractivity contribution in [1.82, 2.24) is 5.06 Å². The van der Waals surface area contributed by atoms with E-state index in [-0.39, 0.29) is 117 Å². The molecule has 6 heterocycles. The molecule has 0 bridgehead atoms. The highest BCUT2D eigenvalue weighted by atomic mass is 35.5. The van der Waals surface area contributed by atoms with Gasteiger partial charge in [-0.2, -0.15) is 30.7 Å². The third-order valence-corrected chi connectivity index (χ3v) is 18.1. The number of hydrogen-bond acceptors (Lipinski definition) is 14. The quantitative estimate of drug-likeness (QED) is 0.0181. The number of carbonyl (C=O) groups excluding carboxylic acids is 2. The maximum Gasteiger partial charge on any atom is 0.313 e. The monoisotopic (exact) mass is 1230 g/mol. The fourth-order valence-electron chi connectivity index (χ4n) is 11.9. The van der Waals surface area contributed by atoms with Crippen molar-refractivity contribution in [2.75, 3.05) is 80.6 Å². The van der Waals surface area contributed by atoms with Gasteiger partial charge in [0.15, 0.2) is 17.2 Å². The van der Waals surface area contributed by atoms with Crippen LogP contribution in [0.5, 0.6) is 17.2 Å². The van der Waals surface area contributed by atoms with Gasteiger partial charge in [0.1, 0.15) is 23.0 Å². The van der Waals surface area contributed by atoms with E-state index in [2.05, 4.69) is 14.5 Å². The first-order valence-corrected chi connectivity index (χ1v) is 29.9. The Balaban J connectivity index is 1.01. The third kappa shape index (κ3) is 10.1. The number of hydroxylamine groups is 2. The molecule has 430 valence electrons. The van der Waals surface area contributed by atoms with Gasteiger partial charge >= 0.3 is 5.97 Å². The predicted molar refractivity (Wildman–Crippen MR) is 289 cm³/mol. The normalized spacial score (nSPS) is 18.0. The molecule has 0 unspecified atom stereocenters. The summed E-state index contributed by atoms with van der Waals surface area (Å²) < 4.78 is 156. The molecular formula is C53H51Cl4F4N3O14S2. The maximum absolute atomic E-state index is 15.6. The van der Waals surface area contributed by atoms with Gasteiger partial charge in [-0.25, -0.2) is 8.78 Å². The third-order valence-electron chi connectivity index (χ3n) is 14.9. The summed E-state index contributed by atoms with van der Waals surface area (Å²) in [5.74, 6) is -11.8. The topological polar surface area (TPSA) is 208 Å². The van der Waals surface area contributed by atoms with Crippen LogP contribution in [0.3, 0.4) is 0 Å². The number of fused-ring (bicyclic) bond motifs is 8. The van der Waals surface area contributed by atoms with Crippen molar-refractivity contribution in [2.45, 2.75) is 76.4 Å². The van der Waals surface area contributed by atoms with Gasteiger partial charge in [-0.05, 0) is 76.7 Å². The number of anilines is 2. The number of benzene rings is 4. The molecule has 4 aromatic rings. The molecule has 80 heavy (non-hydrogen) atoms. The second-order valence-corrected chi connectivity index (χ2v) is 25.4. The molecule has 27 heteroatoms. The Morgan fingerprint density at radius 2 is 1.11 bits per heavy atom. The minimum atomic E-state index is -4.66. The number of halogens is 8. The van der Waals surface area contributed by atoms with E-state index in [0.29, 0.717) is 72.4 Å². The maximum atomic E-state index is 15.6.